The van der Waals surface area contributed by atoms with Crippen LogP contribution in [-0.4, -0.2) is 30.9 Å². The van der Waals surface area contributed by atoms with Crippen LogP contribution < -0.4 is 5.32 Å². The number of hydrogen-bond acceptors (Lipinski definition) is 3. The minimum absolute atomic E-state index is 0. The molecule has 5 heteroatoms. The first-order chi connectivity index (χ1) is 9.22. The summed E-state index contributed by atoms with van der Waals surface area (Å²) in [6, 6.07) is 0. The predicted octanol–water partition coefficient (Wildman–Crippen LogP) is 3.15. The molecule has 0 rings (SSSR count). The van der Waals surface area contributed by atoms with Crippen LogP contribution in [0.2, 0.25) is 0 Å². The van der Waals surface area contributed by atoms with Gasteiger partial charge in [-0.2, -0.15) is 0 Å². The summed E-state index contributed by atoms with van der Waals surface area (Å²) in [6.45, 7) is 16.4. The van der Waals surface area contributed by atoms with Gasteiger partial charge >= 0.3 is 0 Å². The van der Waals surface area contributed by atoms with Gasteiger partial charge in [0.15, 0.2) is 5.91 Å². The average Bonchev–Trinajstić information content (AvgIpc) is 2.40. The summed E-state index contributed by atoms with van der Waals surface area (Å²) < 4.78 is 5.76. The summed E-state index contributed by atoms with van der Waals surface area (Å²) in [5.41, 5.74) is -0.633. The van der Waals surface area contributed by atoms with Crippen molar-refractivity contribution in [3.05, 3.63) is 6.92 Å². The molecule has 0 aliphatic carbocycles. The molecule has 0 bridgehead atoms. The van der Waals surface area contributed by atoms with Crippen LogP contribution in [0, 0.1) is 43.5 Å². The molecular formula is C16H32NO3U-. The molecule has 0 saturated carbocycles. The molecule has 1 N–H and O–H groups in total. The zero-order chi connectivity index (χ0) is 16.2. The first kappa shape index (κ1) is 26.1. The summed E-state index contributed by atoms with van der Waals surface area (Å²) in [5, 5.41) is 2.77. The number of nitrogens with one attached hydrogen (secondary N) is 1. The summed E-state index contributed by atoms with van der Waals surface area (Å²) in [6.07, 6.45) is 2.65. The Morgan fingerprint density at radius 2 is 1.71 bits per heavy atom. The topological polar surface area (TPSA) is 55.4 Å². The number of amides is 1. The maximum absolute atomic E-state index is 11.0. The molecule has 1 amide bonds. The number of carbonyl (C=O) groups excluding carboxylic acids is 2. The van der Waals surface area contributed by atoms with Gasteiger partial charge in [0.2, 0.25) is 0 Å². The zero-order valence-corrected chi connectivity index (χ0v) is 18.7. The van der Waals surface area contributed by atoms with Gasteiger partial charge in [-0.25, -0.2) is 0 Å². The number of aldehydes is 1. The number of rotatable bonds is 9. The largest absolute Gasteiger partial charge is 0.375 e. The normalized spacial score (nSPS) is 10.8. The van der Waals surface area contributed by atoms with Crippen molar-refractivity contribution >= 4 is 12.2 Å². The van der Waals surface area contributed by atoms with Crippen molar-refractivity contribution in [2.45, 2.75) is 66.4 Å². The number of carbonyl (C=O) groups is 2. The Balaban J connectivity index is -0.00000103. The predicted molar refractivity (Wildman–Crippen MR) is 83.4 cm³/mol. The summed E-state index contributed by atoms with van der Waals surface area (Å²) in [4.78, 5) is 21.8. The van der Waals surface area contributed by atoms with Crippen molar-refractivity contribution in [2.24, 2.45) is 5.41 Å². The van der Waals surface area contributed by atoms with E-state index in [-0.39, 0.29) is 54.5 Å². The van der Waals surface area contributed by atoms with Crippen molar-refractivity contribution < 1.29 is 45.4 Å². The third kappa shape index (κ3) is 16.4. The van der Waals surface area contributed by atoms with E-state index in [1.165, 1.54) is 0 Å². The van der Waals surface area contributed by atoms with Gasteiger partial charge in [-0.05, 0) is 26.7 Å². The summed E-state index contributed by atoms with van der Waals surface area (Å²) in [7, 11) is 0. The second-order valence-corrected chi connectivity index (χ2v) is 5.81. The van der Waals surface area contributed by atoms with Gasteiger partial charge in [0.05, 0.1) is 5.60 Å². The van der Waals surface area contributed by atoms with E-state index in [1.54, 1.807) is 0 Å². The van der Waals surface area contributed by atoms with Crippen LogP contribution in [0.1, 0.15) is 60.8 Å². The van der Waals surface area contributed by atoms with Crippen LogP contribution >= 0.6 is 0 Å². The molecule has 0 aromatic heterocycles. The third-order valence-corrected chi connectivity index (χ3v) is 2.83. The molecular weight excluding hydrogens is 492 g/mol. The van der Waals surface area contributed by atoms with E-state index >= 15 is 0 Å². The Bertz CT molecular complexity index is 279. The van der Waals surface area contributed by atoms with Crippen LogP contribution in [-0.2, 0) is 14.3 Å². The van der Waals surface area contributed by atoms with Crippen LogP contribution in [0.3, 0.4) is 0 Å². The van der Waals surface area contributed by atoms with Crippen molar-refractivity contribution in [3.8, 4) is 0 Å². The first-order valence-corrected chi connectivity index (χ1v) is 7.39. The third-order valence-electron chi connectivity index (χ3n) is 2.83. The molecule has 21 heavy (non-hydrogen) atoms. The van der Waals surface area contributed by atoms with Crippen LogP contribution in [0.25, 0.3) is 0 Å². The van der Waals surface area contributed by atoms with Crippen LogP contribution in [0.4, 0.5) is 0 Å². The van der Waals surface area contributed by atoms with Crippen molar-refractivity contribution in [1.29, 1.82) is 0 Å². The fourth-order valence-corrected chi connectivity index (χ4v) is 1.31. The fraction of sp³-hybridized carbons (Fsp3) is 0.812. The van der Waals surface area contributed by atoms with Gasteiger partial charge < -0.3 is 21.8 Å². The fourth-order valence-electron chi connectivity index (χ4n) is 1.31. The Hall–Kier alpha value is 0.152. The van der Waals surface area contributed by atoms with E-state index in [1.807, 2.05) is 41.5 Å². The summed E-state index contributed by atoms with van der Waals surface area (Å²) >= 11 is 0. The van der Waals surface area contributed by atoms with Crippen LogP contribution in [0.15, 0.2) is 0 Å². The molecule has 0 atom stereocenters. The molecule has 0 radical (unpaired) electrons. The van der Waals surface area contributed by atoms with Gasteiger partial charge in [0.1, 0.15) is 6.29 Å². The average molecular weight is 524 g/mol. The second-order valence-electron chi connectivity index (χ2n) is 5.81. The van der Waals surface area contributed by atoms with Crippen LogP contribution in [0.5, 0.6) is 0 Å². The molecule has 0 aliphatic rings. The van der Waals surface area contributed by atoms with Crippen molar-refractivity contribution in [1.82, 2.24) is 5.32 Å². The molecule has 0 heterocycles. The standard InChI is InChI=1S/C14H26NO3.C2H6.U/c1-6-12(17)15-9-7-14(4,5)18-10-8-13(2,3)11-16;1-2;/h11H,1,6-10H2,2-5H3,(H,15,17);1-2H3;/q-1;;. The minimum atomic E-state index is -0.335. The van der Waals surface area contributed by atoms with E-state index in [0.717, 1.165) is 12.7 Å². The minimum Gasteiger partial charge on any atom is -0.375 e. The smallest absolute Gasteiger partial charge is 0.189 e. The van der Waals surface area contributed by atoms with E-state index in [4.69, 9.17) is 4.74 Å². The molecule has 0 unspecified atom stereocenters. The van der Waals surface area contributed by atoms with E-state index in [0.29, 0.717) is 19.6 Å². The Kier molecular flexibility index (Phi) is 17.1. The summed E-state index contributed by atoms with van der Waals surface area (Å²) in [5.74, 6) is -0.0483. The van der Waals surface area contributed by atoms with Crippen molar-refractivity contribution in [2.75, 3.05) is 13.2 Å². The van der Waals surface area contributed by atoms with E-state index < -0.39 is 0 Å². The van der Waals surface area contributed by atoms with E-state index in [9.17, 15) is 9.59 Å². The molecule has 124 valence electrons. The Labute approximate surface area is 154 Å². The number of hydrogen-bond donors (Lipinski definition) is 1. The molecule has 0 spiro atoms. The monoisotopic (exact) mass is 524 g/mol. The molecule has 0 saturated heterocycles. The maximum atomic E-state index is 11.0. The number of ether oxygens (including phenoxy) is 1. The van der Waals surface area contributed by atoms with E-state index in [2.05, 4.69) is 12.2 Å². The molecule has 0 fully saturated rings. The molecule has 0 aromatic carbocycles. The molecule has 0 aromatic rings. The zero-order valence-electron chi connectivity index (χ0n) is 14.5. The Morgan fingerprint density at radius 1 is 1.19 bits per heavy atom. The van der Waals surface area contributed by atoms with Crippen molar-refractivity contribution in [3.63, 3.8) is 0 Å². The maximum Gasteiger partial charge on any atom is 0.189 e. The quantitative estimate of drug-likeness (QED) is 0.373. The van der Waals surface area contributed by atoms with Gasteiger partial charge in [0, 0.05) is 49.7 Å². The first-order valence-electron chi connectivity index (χ1n) is 7.39. The van der Waals surface area contributed by atoms with Gasteiger partial charge in [0.25, 0.3) is 0 Å². The van der Waals surface area contributed by atoms with Gasteiger partial charge in [-0.3, -0.25) is 4.79 Å². The van der Waals surface area contributed by atoms with Gasteiger partial charge in [-0.15, -0.1) is 6.42 Å². The second kappa shape index (κ2) is 13.8. The molecule has 4 nitrogen and oxygen atoms in total. The Morgan fingerprint density at radius 3 is 2.14 bits per heavy atom. The van der Waals surface area contributed by atoms with Gasteiger partial charge in [-0.1, -0.05) is 27.7 Å². The molecule has 0 aliphatic heterocycles. The SMILES string of the molecule is CC.[CH2-]CC(=O)NCCC(C)(C)OCCC(C)(C)C=O.[U].